The summed E-state index contributed by atoms with van der Waals surface area (Å²) in [6, 6.07) is 4.66. The number of anilines is 1. The van der Waals surface area contributed by atoms with Crippen LogP contribution in [-0.4, -0.2) is 39.3 Å². The maximum atomic E-state index is 12.2. The molecule has 0 aliphatic carbocycles. The number of likely N-dealkylation sites (N-methyl/N-ethyl adjacent to an activating group) is 2. The molecule has 18 heavy (non-hydrogen) atoms. The van der Waals surface area contributed by atoms with Crippen molar-refractivity contribution in [1.82, 2.24) is 9.62 Å². The minimum Gasteiger partial charge on any atom is -0.399 e. The third kappa shape index (κ3) is 2.99. The molecule has 0 atom stereocenters. The number of carbonyl (C=O) groups is 1. The maximum absolute atomic E-state index is 12.2. The minimum absolute atomic E-state index is 0.119. The molecule has 0 unspecified atom stereocenters. The molecule has 0 aliphatic rings. The SMILES string of the molecule is CNC(=O)CN(C)S(=O)(=O)c1cc(N)ccc1C. The highest BCUT2D eigenvalue weighted by Gasteiger charge is 2.24. The van der Waals surface area contributed by atoms with E-state index in [1.807, 2.05) is 0 Å². The predicted octanol–water partition coefficient (Wildman–Crippen LogP) is -0.0563. The van der Waals surface area contributed by atoms with E-state index in [9.17, 15) is 13.2 Å². The highest BCUT2D eigenvalue weighted by atomic mass is 32.2. The lowest BCUT2D eigenvalue weighted by Gasteiger charge is -2.17. The Labute approximate surface area is 107 Å². The fourth-order valence-corrected chi connectivity index (χ4v) is 2.81. The van der Waals surface area contributed by atoms with Crippen LogP contribution in [0.15, 0.2) is 23.1 Å². The first-order chi connectivity index (χ1) is 8.28. The molecule has 0 heterocycles. The van der Waals surface area contributed by atoms with Crippen LogP contribution in [0.25, 0.3) is 0 Å². The summed E-state index contributed by atoms with van der Waals surface area (Å²) in [6.45, 7) is 1.45. The van der Waals surface area contributed by atoms with Crippen molar-refractivity contribution >= 4 is 21.6 Å². The molecule has 0 bridgehead atoms. The average Bonchev–Trinajstić information content (AvgIpc) is 2.31. The normalized spacial score (nSPS) is 11.6. The standard InChI is InChI=1S/C11H17N3O3S/c1-8-4-5-9(12)6-10(8)18(16,17)14(3)7-11(15)13-2/h4-6H,7,12H2,1-3H3,(H,13,15). The van der Waals surface area contributed by atoms with Gasteiger partial charge in [0, 0.05) is 19.8 Å². The Kier molecular flexibility index (Phi) is 4.31. The number of sulfonamides is 1. The van der Waals surface area contributed by atoms with Crippen molar-refractivity contribution in [2.24, 2.45) is 0 Å². The molecule has 1 aromatic carbocycles. The summed E-state index contributed by atoms with van der Waals surface area (Å²) < 4.78 is 25.5. The second-order valence-electron chi connectivity index (χ2n) is 3.96. The van der Waals surface area contributed by atoms with Crippen LogP contribution < -0.4 is 11.1 Å². The van der Waals surface area contributed by atoms with Crippen LogP contribution in [0.2, 0.25) is 0 Å². The Morgan fingerprint density at radius 1 is 1.44 bits per heavy atom. The fourth-order valence-electron chi connectivity index (χ4n) is 1.43. The van der Waals surface area contributed by atoms with Gasteiger partial charge in [0.1, 0.15) is 0 Å². The number of amides is 1. The van der Waals surface area contributed by atoms with Crippen LogP contribution in [0.5, 0.6) is 0 Å². The average molecular weight is 271 g/mol. The topological polar surface area (TPSA) is 92.5 Å². The smallest absolute Gasteiger partial charge is 0.243 e. The van der Waals surface area contributed by atoms with E-state index < -0.39 is 10.0 Å². The van der Waals surface area contributed by atoms with Gasteiger partial charge in [-0.1, -0.05) is 6.07 Å². The van der Waals surface area contributed by atoms with E-state index in [1.165, 1.54) is 20.2 Å². The van der Waals surface area contributed by atoms with E-state index in [-0.39, 0.29) is 17.3 Å². The van der Waals surface area contributed by atoms with E-state index in [4.69, 9.17) is 5.73 Å². The van der Waals surface area contributed by atoms with Gasteiger partial charge in [-0.2, -0.15) is 4.31 Å². The van der Waals surface area contributed by atoms with Crippen molar-refractivity contribution in [2.45, 2.75) is 11.8 Å². The molecule has 0 radical (unpaired) electrons. The van der Waals surface area contributed by atoms with Gasteiger partial charge in [0.2, 0.25) is 15.9 Å². The summed E-state index contributed by atoms with van der Waals surface area (Å²) in [6.07, 6.45) is 0. The van der Waals surface area contributed by atoms with Gasteiger partial charge >= 0.3 is 0 Å². The Morgan fingerprint density at radius 3 is 2.61 bits per heavy atom. The molecular formula is C11H17N3O3S. The van der Waals surface area contributed by atoms with E-state index >= 15 is 0 Å². The number of nitrogens with zero attached hydrogens (tertiary/aromatic N) is 1. The van der Waals surface area contributed by atoms with Crippen LogP contribution in [-0.2, 0) is 14.8 Å². The minimum atomic E-state index is -3.70. The Morgan fingerprint density at radius 2 is 2.06 bits per heavy atom. The Balaban J connectivity index is 3.13. The zero-order chi connectivity index (χ0) is 13.9. The van der Waals surface area contributed by atoms with Crippen LogP contribution in [0, 0.1) is 6.92 Å². The molecule has 7 heteroatoms. The first-order valence-corrected chi connectivity index (χ1v) is 6.76. The van der Waals surface area contributed by atoms with Gasteiger partial charge in [0.25, 0.3) is 0 Å². The van der Waals surface area contributed by atoms with Gasteiger partial charge in [-0.15, -0.1) is 0 Å². The molecule has 100 valence electrons. The van der Waals surface area contributed by atoms with Crippen molar-refractivity contribution in [2.75, 3.05) is 26.4 Å². The zero-order valence-electron chi connectivity index (χ0n) is 10.6. The molecule has 0 saturated heterocycles. The first-order valence-electron chi connectivity index (χ1n) is 5.32. The van der Waals surface area contributed by atoms with Crippen molar-refractivity contribution in [3.63, 3.8) is 0 Å². The molecule has 0 spiro atoms. The third-order valence-electron chi connectivity index (χ3n) is 2.55. The number of nitrogen functional groups attached to an aromatic ring is 1. The molecule has 3 N–H and O–H groups in total. The molecular weight excluding hydrogens is 254 g/mol. The highest BCUT2D eigenvalue weighted by Crippen LogP contribution is 2.21. The summed E-state index contributed by atoms with van der Waals surface area (Å²) in [4.78, 5) is 11.3. The van der Waals surface area contributed by atoms with E-state index in [0.29, 0.717) is 11.3 Å². The van der Waals surface area contributed by atoms with E-state index in [0.717, 1.165) is 4.31 Å². The van der Waals surface area contributed by atoms with Crippen molar-refractivity contribution in [1.29, 1.82) is 0 Å². The molecule has 1 rings (SSSR count). The fraction of sp³-hybridized carbons (Fsp3) is 0.364. The van der Waals surface area contributed by atoms with Crippen LogP contribution in [0.4, 0.5) is 5.69 Å². The second kappa shape index (κ2) is 5.36. The zero-order valence-corrected chi connectivity index (χ0v) is 11.4. The monoisotopic (exact) mass is 271 g/mol. The van der Waals surface area contributed by atoms with Crippen LogP contribution >= 0.6 is 0 Å². The second-order valence-corrected chi connectivity index (χ2v) is 5.97. The lowest BCUT2D eigenvalue weighted by Crippen LogP contribution is -2.37. The number of rotatable bonds is 4. The lowest BCUT2D eigenvalue weighted by atomic mass is 10.2. The van der Waals surface area contributed by atoms with Crippen LogP contribution in [0.1, 0.15) is 5.56 Å². The number of nitrogens with one attached hydrogen (secondary N) is 1. The number of hydrogen-bond donors (Lipinski definition) is 2. The summed E-state index contributed by atoms with van der Waals surface area (Å²) in [5, 5.41) is 2.38. The van der Waals surface area contributed by atoms with E-state index in [1.54, 1.807) is 19.1 Å². The number of aryl methyl sites for hydroxylation is 1. The summed E-state index contributed by atoms with van der Waals surface area (Å²) >= 11 is 0. The first kappa shape index (κ1) is 14.5. The molecule has 1 amide bonds. The summed E-state index contributed by atoms with van der Waals surface area (Å²) in [5.74, 6) is -0.373. The molecule has 0 saturated carbocycles. The predicted molar refractivity (Wildman–Crippen MR) is 69.5 cm³/mol. The number of hydrogen-bond acceptors (Lipinski definition) is 4. The van der Waals surface area contributed by atoms with Gasteiger partial charge in [0.05, 0.1) is 11.4 Å². The largest absolute Gasteiger partial charge is 0.399 e. The molecule has 0 fully saturated rings. The van der Waals surface area contributed by atoms with Gasteiger partial charge in [-0.25, -0.2) is 8.42 Å². The summed E-state index contributed by atoms with van der Waals surface area (Å²) in [5.41, 5.74) is 6.55. The number of nitrogens with two attached hydrogens (primary N) is 1. The third-order valence-corrected chi connectivity index (χ3v) is 4.49. The van der Waals surface area contributed by atoms with Crippen molar-refractivity contribution in [3.8, 4) is 0 Å². The molecule has 0 aromatic heterocycles. The maximum Gasteiger partial charge on any atom is 0.243 e. The van der Waals surface area contributed by atoms with Gasteiger partial charge in [0.15, 0.2) is 0 Å². The Hall–Kier alpha value is -1.60. The number of benzene rings is 1. The van der Waals surface area contributed by atoms with Crippen molar-refractivity contribution in [3.05, 3.63) is 23.8 Å². The Bertz CT molecular complexity index is 555. The summed E-state index contributed by atoms with van der Waals surface area (Å²) in [7, 11) is -0.898. The lowest BCUT2D eigenvalue weighted by molar-refractivity contribution is -0.120. The molecule has 0 aliphatic heterocycles. The van der Waals surface area contributed by atoms with Gasteiger partial charge in [-0.3, -0.25) is 4.79 Å². The highest BCUT2D eigenvalue weighted by molar-refractivity contribution is 7.89. The quantitative estimate of drug-likeness (QED) is 0.751. The van der Waals surface area contributed by atoms with Crippen molar-refractivity contribution < 1.29 is 13.2 Å². The van der Waals surface area contributed by atoms with Gasteiger partial charge < -0.3 is 11.1 Å². The van der Waals surface area contributed by atoms with Crippen LogP contribution in [0.3, 0.4) is 0 Å². The molecule has 6 nitrogen and oxygen atoms in total. The van der Waals surface area contributed by atoms with Gasteiger partial charge in [-0.05, 0) is 24.6 Å². The molecule has 1 aromatic rings. The van der Waals surface area contributed by atoms with E-state index in [2.05, 4.69) is 5.32 Å². The number of carbonyl (C=O) groups excluding carboxylic acids is 1.